The maximum absolute atomic E-state index is 13.1. The van der Waals surface area contributed by atoms with Crippen molar-refractivity contribution >= 4 is 11.8 Å². The monoisotopic (exact) mass is 387 g/mol. The normalized spacial score (nSPS) is 11.0. The van der Waals surface area contributed by atoms with Gasteiger partial charge in [0.15, 0.2) is 5.69 Å². The number of nitrogens with one attached hydrogen (secondary N) is 1. The van der Waals surface area contributed by atoms with Gasteiger partial charge >= 0.3 is 0 Å². The van der Waals surface area contributed by atoms with E-state index in [4.69, 9.17) is 9.15 Å². The highest BCUT2D eigenvalue weighted by molar-refractivity contribution is 5.97. The quantitative estimate of drug-likeness (QED) is 0.713. The number of benzene rings is 1. The summed E-state index contributed by atoms with van der Waals surface area (Å²) >= 11 is 0. The van der Waals surface area contributed by atoms with Crippen molar-refractivity contribution in [1.29, 1.82) is 0 Å². The molecule has 2 rings (SSSR count). The summed E-state index contributed by atoms with van der Waals surface area (Å²) in [5.41, 5.74) is 0.692. The van der Waals surface area contributed by atoms with Crippen LogP contribution < -0.4 is 10.1 Å². The zero-order valence-corrected chi connectivity index (χ0v) is 17.2. The maximum Gasteiger partial charge on any atom is 0.273 e. The predicted molar refractivity (Wildman–Crippen MR) is 106 cm³/mol. The SMILES string of the molecule is COc1ccccc1C(=O)N(Cc1nc(C(=O)NCC(C)C)co1)CC(C)C. The number of ether oxygens (including phenoxy) is 1. The summed E-state index contributed by atoms with van der Waals surface area (Å²) in [6.07, 6.45) is 1.33. The van der Waals surface area contributed by atoms with E-state index in [0.29, 0.717) is 36.2 Å². The van der Waals surface area contributed by atoms with E-state index in [9.17, 15) is 9.59 Å². The van der Waals surface area contributed by atoms with Crippen LogP contribution in [0, 0.1) is 11.8 Å². The van der Waals surface area contributed by atoms with Gasteiger partial charge in [0.1, 0.15) is 12.0 Å². The Morgan fingerprint density at radius 3 is 2.54 bits per heavy atom. The number of nitrogens with zero attached hydrogens (tertiary/aromatic N) is 2. The van der Waals surface area contributed by atoms with Crippen LogP contribution in [0.5, 0.6) is 5.75 Å². The van der Waals surface area contributed by atoms with Gasteiger partial charge in [-0.15, -0.1) is 0 Å². The van der Waals surface area contributed by atoms with Gasteiger partial charge in [-0.3, -0.25) is 9.59 Å². The van der Waals surface area contributed by atoms with Crippen molar-refractivity contribution in [2.75, 3.05) is 20.2 Å². The van der Waals surface area contributed by atoms with Crippen molar-refractivity contribution in [3.05, 3.63) is 47.7 Å². The molecule has 0 aliphatic carbocycles. The number of hydrogen-bond donors (Lipinski definition) is 1. The van der Waals surface area contributed by atoms with Crippen LogP contribution in [0.4, 0.5) is 0 Å². The molecule has 152 valence electrons. The summed E-state index contributed by atoms with van der Waals surface area (Å²) in [7, 11) is 1.54. The molecule has 0 atom stereocenters. The molecule has 0 aliphatic heterocycles. The fourth-order valence-corrected chi connectivity index (χ4v) is 2.69. The zero-order valence-electron chi connectivity index (χ0n) is 17.2. The van der Waals surface area contributed by atoms with Gasteiger partial charge in [0.25, 0.3) is 11.8 Å². The van der Waals surface area contributed by atoms with E-state index in [-0.39, 0.29) is 30.0 Å². The Labute approximate surface area is 166 Å². The van der Waals surface area contributed by atoms with Gasteiger partial charge in [0.2, 0.25) is 5.89 Å². The van der Waals surface area contributed by atoms with Gasteiger partial charge < -0.3 is 19.4 Å². The van der Waals surface area contributed by atoms with Gasteiger partial charge in [-0.25, -0.2) is 4.98 Å². The second-order valence-corrected chi connectivity index (χ2v) is 7.51. The lowest BCUT2D eigenvalue weighted by Gasteiger charge is -2.24. The van der Waals surface area contributed by atoms with Gasteiger partial charge in [0, 0.05) is 13.1 Å². The topological polar surface area (TPSA) is 84.7 Å². The van der Waals surface area contributed by atoms with E-state index in [0.717, 1.165) is 0 Å². The summed E-state index contributed by atoms with van der Waals surface area (Å²) in [5.74, 6) is 0.976. The minimum Gasteiger partial charge on any atom is -0.496 e. The third kappa shape index (κ3) is 5.84. The molecule has 7 nitrogen and oxygen atoms in total. The highest BCUT2D eigenvalue weighted by atomic mass is 16.5. The Morgan fingerprint density at radius 1 is 1.18 bits per heavy atom. The average Bonchev–Trinajstić information content (AvgIpc) is 3.13. The Bertz CT molecular complexity index is 798. The van der Waals surface area contributed by atoms with E-state index >= 15 is 0 Å². The van der Waals surface area contributed by atoms with Gasteiger partial charge in [-0.05, 0) is 24.0 Å². The number of methoxy groups -OCH3 is 1. The molecule has 1 N–H and O–H groups in total. The molecule has 0 radical (unpaired) electrons. The number of amides is 2. The second kappa shape index (κ2) is 9.92. The summed E-state index contributed by atoms with van der Waals surface area (Å²) in [6.45, 7) is 9.35. The first-order valence-corrected chi connectivity index (χ1v) is 9.46. The summed E-state index contributed by atoms with van der Waals surface area (Å²) in [6, 6.07) is 7.10. The zero-order chi connectivity index (χ0) is 20.7. The van der Waals surface area contributed by atoms with Crippen molar-refractivity contribution in [3.8, 4) is 5.75 Å². The first kappa shape index (κ1) is 21.5. The molecule has 1 heterocycles. The number of carbonyl (C=O) groups is 2. The predicted octanol–water partition coefficient (Wildman–Crippen LogP) is 3.37. The Morgan fingerprint density at radius 2 is 1.89 bits per heavy atom. The van der Waals surface area contributed by atoms with Crippen LogP contribution in [-0.2, 0) is 6.54 Å². The molecule has 28 heavy (non-hydrogen) atoms. The van der Waals surface area contributed by atoms with Crippen LogP contribution in [0.1, 0.15) is 54.4 Å². The third-order valence-corrected chi connectivity index (χ3v) is 3.99. The Balaban J connectivity index is 2.16. The van der Waals surface area contributed by atoms with Crippen molar-refractivity contribution in [1.82, 2.24) is 15.2 Å². The molecule has 0 unspecified atom stereocenters. The Kier molecular flexibility index (Phi) is 7.61. The van der Waals surface area contributed by atoms with Crippen LogP contribution in [0.25, 0.3) is 0 Å². The fraction of sp³-hybridized carbons (Fsp3) is 0.476. The van der Waals surface area contributed by atoms with E-state index in [1.807, 2.05) is 33.8 Å². The largest absolute Gasteiger partial charge is 0.496 e. The molecule has 2 amide bonds. The molecule has 1 aromatic carbocycles. The molecule has 0 fully saturated rings. The molecule has 0 saturated carbocycles. The van der Waals surface area contributed by atoms with Gasteiger partial charge in [0.05, 0.1) is 19.2 Å². The lowest BCUT2D eigenvalue weighted by Crippen LogP contribution is -2.34. The molecule has 0 spiro atoms. The van der Waals surface area contributed by atoms with Gasteiger partial charge in [-0.1, -0.05) is 39.8 Å². The summed E-state index contributed by atoms with van der Waals surface area (Å²) < 4.78 is 10.8. The second-order valence-electron chi connectivity index (χ2n) is 7.51. The highest BCUT2D eigenvalue weighted by Gasteiger charge is 2.23. The molecular formula is C21H29N3O4. The standard InChI is InChI=1S/C21H29N3O4/c1-14(2)10-22-20(25)17-13-28-19(23-17)12-24(11-15(3)4)21(26)16-8-6-7-9-18(16)27-5/h6-9,13-15H,10-12H2,1-5H3,(H,22,25). The molecule has 0 saturated heterocycles. The summed E-state index contributed by atoms with van der Waals surface area (Å²) in [5, 5.41) is 2.80. The number of aromatic nitrogens is 1. The first-order chi connectivity index (χ1) is 13.3. The molecular weight excluding hydrogens is 358 g/mol. The molecule has 0 bridgehead atoms. The number of hydrogen-bond acceptors (Lipinski definition) is 5. The minimum absolute atomic E-state index is 0.171. The van der Waals surface area contributed by atoms with Crippen LogP contribution in [0.3, 0.4) is 0 Å². The molecule has 1 aromatic heterocycles. The number of oxazole rings is 1. The first-order valence-electron chi connectivity index (χ1n) is 9.46. The Hall–Kier alpha value is -2.83. The smallest absolute Gasteiger partial charge is 0.273 e. The highest BCUT2D eigenvalue weighted by Crippen LogP contribution is 2.21. The van der Waals surface area contributed by atoms with Crippen LogP contribution >= 0.6 is 0 Å². The van der Waals surface area contributed by atoms with Crippen molar-refractivity contribution in [2.45, 2.75) is 34.2 Å². The third-order valence-electron chi connectivity index (χ3n) is 3.99. The molecule has 2 aromatic rings. The number of para-hydroxylation sites is 1. The van der Waals surface area contributed by atoms with Crippen LogP contribution in [-0.4, -0.2) is 41.9 Å². The average molecular weight is 387 g/mol. The number of rotatable bonds is 9. The molecule has 7 heteroatoms. The van der Waals surface area contributed by atoms with Crippen molar-refractivity contribution in [2.24, 2.45) is 11.8 Å². The lowest BCUT2D eigenvalue weighted by molar-refractivity contribution is 0.0703. The van der Waals surface area contributed by atoms with E-state index < -0.39 is 0 Å². The van der Waals surface area contributed by atoms with E-state index in [1.165, 1.54) is 13.4 Å². The van der Waals surface area contributed by atoms with Crippen LogP contribution in [0.15, 0.2) is 34.9 Å². The summed E-state index contributed by atoms with van der Waals surface area (Å²) in [4.78, 5) is 31.1. The van der Waals surface area contributed by atoms with E-state index in [1.54, 1.807) is 23.1 Å². The van der Waals surface area contributed by atoms with Crippen LogP contribution in [0.2, 0.25) is 0 Å². The number of carbonyl (C=O) groups excluding carboxylic acids is 2. The molecule has 0 aliphatic rings. The van der Waals surface area contributed by atoms with Crippen molar-refractivity contribution in [3.63, 3.8) is 0 Å². The van der Waals surface area contributed by atoms with E-state index in [2.05, 4.69) is 10.3 Å². The lowest BCUT2D eigenvalue weighted by atomic mass is 10.1. The van der Waals surface area contributed by atoms with Gasteiger partial charge in [-0.2, -0.15) is 0 Å². The maximum atomic E-state index is 13.1. The minimum atomic E-state index is -0.282. The van der Waals surface area contributed by atoms with Crippen molar-refractivity contribution < 1.29 is 18.7 Å². The fourth-order valence-electron chi connectivity index (χ4n) is 2.69.